The molecule has 0 aliphatic carbocycles. The van der Waals surface area contributed by atoms with Crippen LogP contribution in [0.3, 0.4) is 0 Å². The van der Waals surface area contributed by atoms with Gasteiger partial charge in [-0.1, -0.05) is 12.1 Å². The number of ether oxygens (including phenoxy) is 1. The van der Waals surface area contributed by atoms with Gasteiger partial charge in [0.1, 0.15) is 5.75 Å². The molecule has 2 N–H and O–H groups in total. The van der Waals surface area contributed by atoms with Crippen molar-refractivity contribution in [2.45, 2.75) is 18.5 Å². The number of rotatable bonds is 3. The lowest BCUT2D eigenvalue weighted by atomic mass is 9.98. The van der Waals surface area contributed by atoms with Gasteiger partial charge in [0.2, 0.25) is 0 Å². The van der Waals surface area contributed by atoms with Crippen LogP contribution < -0.4 is 15.4 Å². The molecule has 1 saturated heterocycles. The van der Waals surface area contributed by atoms with E-state index in [9.17, 15) is 18.0 Å². The van der Waals surface area contributed by atoms with E-state index in [0.717, 1.165) is 43.8 Å². The van der Waals surface area contributed by atoms with Gasteiger partial charge in [-0.05, 0) is 60.8 Å². The maximum Gasteiger partial charge on any atom is 0.417 e. The van der Waals surface area contributed by atoms with Gasteiger partial charge in [0.05, 0.1) is 5.56 Å². The average molecular weight is 350 g/mol. The molecule has 2 aromatic carbocycles. The summed E-state index contributed by atoms with van der Waals surface area (Å²) in [6.07, 6.45) is -4.09. The van der Waals surface area contributed by atoms with Gasteiger partial charge < -0.3 is 10.1 Å². The summed E-state index contributed by atoms with van der Waals surface area (Å²) < 4.78 is 42.5. The van der Waals surface area contributed by atoms with Crippen molar-refractivity contribution in [2.24, 2.45) is 0 Å². The predicted molar refractivity (Wildman–Crippen MR) is 87.8 cm³/mol. The van der Waals surface area contributed by atoms with Crippen LogP contribution in [0, 0.1) is 0 Å². The molecule has 0 saturated carbocycles. The fourth-order valence-corrected chi connectivity index (χ4v) is 2.74. The van der Waals surface area contributed by atoms with Gasteiger partial charge in [0.25, 0.3) is 0 Å². The third kappa shape index (κ3) is 4.51. The number of hydrogen-bond acceptors (Lipinski definition) is 3. The quantitative estimate of drug-likeness (QED) is 0.863. The molecule has 1 amide bonds. The largest absolute Gasteiger partial charge is 0.417 e. The molecule has 1 aliphatic rings. The van der Waals surface area contributed by atoms with Crippen molar-refractivity contribution in [1.29, 1.82) is 0 Å². The Hall–Kier alpha value is -2.54. The second-order valence-electron chi connectivity index (χ2n) is 5.85. The maximum absolute atomic E-state index is 12.5. The second-order valence-corrected chi connectivity index (χ2v) is 5.85. The van der Waals surface area contributed by atoms with E-state index < -0.39 is 17.8 Å². The number of hydrogen-bond donors (Lipinski definition) is 2. The zero-order valence-electron chi connectivity index (χ0n) is 13.3. The molecule has 0 bridgehead atoms. The first-order valence-electron chi connectivity index (χ1n) is 7.88. The highest BCUT2D eigenvalue weighted by Gasteiger charge is 2.30. The average Bonchev–Trinajstić information content (AvgIpc) is 3.09. The number of carbonyl (C=O) groups excluding carboxylic acids is 1. The monoisotopic (exact) mass is 350 g/mol. The number of nitrogens with one attached hydrogen (secondary N) is 2. The fourth-order valence-electron chi connectivity index (χ4n) is 2.74. The number of carbonyl (C=O) groups is 1. The van der Waals surface area contributed by atoms with Crippen molar-refractivity contribution < 1.29 is 22.7 Å². The van der Waals surface area contributed by atoms with Crippen LogP contribution in [0.15, 0.2) is 48.5 Å². The minimum Gasteiger partial charge on any atom is -0.410 e. The first-order chi connectivity index (χ1) is 11.9. The summed E-state index contributed by atoms with van der Waals surface area (Å²) in [7, 11) is 0. The highest BCUT2D eigenvalue weighted by Crippen LogP contribution is 2.30. The van der Waals surface area contributed by atoms with Crippen molar-refractivity contribution in [1.82, 2.24) is 5.32 Å². The van der Waals surface area contributed by atoms with Crippen LogP contribution in [-0.4, -0.2) is 19.2 Å². The van der Waals surface area contributed by atoms with E-state index in [0.29, 0.717) is 11.6 Å². The summed E-state index contributed by atoms with van der Waals surface area (Å²) in [6.45, 7) is 1.95. The van der Waals surface area contributed by atoms with Crippen LogP contribution in [-0.2, 0) is 6.18 Å². The highest BCUT2D eigenvalue weighted by atomic mass is 19.4. The molecule has 132 valence electrons. The molecule has 1 aliphatic heterocycles. The van der Waals surface area contributed by atoms with Gasteiger partial charge in [-0.3, -0.25) is 5.32 Å². The van der Waals surface area contributed by atoms with E-state index in [-0.39, 0.29) is 5.75 Å². The number of anilines is 1. The SMILES string of the molecule is O=C(Nc1ccc(C2CCNC2)cc1)Oc1ccc(C(F)(F)F)cc1. The molecule has 1 fully saturated rings. The summed E-state index contributed by atoms with van der Waals surface area (Å²) in [6, 6.07) is 11.4. The summed E-state index contributed by atoms with van der Waals surface area (Å²) in [4.78, 5) is 11.8. The van der Waals surface area contributed by atoms with Crippen LogP contribution in [0.1, 0.15) is 23.5 Å². The molecule has 0 radical (unpaired) electrons. The van der Waals surface area contributed by atoms with Crippen molar-refractivity contribution >= 4 is 11.8 Å². The summed E-state index contributed by atoms with van der Waals surface area (Å²) >= 11 is 0. The molecule has 7 heteroatoms. The highest BCUT2D eigenvalue weighted by molar-refractivity contribution is 5.86. The molecule has 25 heavy (non-hydrogen) atoms. The number of amides is 1. The third-order valence-electron chi connectivity index (χ3n) is 4.08. The number of alkyl halides is 3. The van der Waals surface area contributed by atoms with Gasteiger partial charge in [-0.25, -0.2) is 4.79 Å². The van der Waals surface area contributed by atoms with Crippen molar-refractivity contribution in [3.8, 4) is 5.75 Å². The molecule has 1 atom stereocenters. The molecule has 4 nitrogen and oxygen atoms in total. The van der Waals surface area contributed by atoms with Crippen LogP contribution in [0.25, 0.3) is 0 Å². The first kappa shape index (κ1) is 17.3. The molecular weight excluding hydrogens is 333 g/mol. The molecule has 3 rings (SSSR count). The van der Waals surface area contributed by atoms with Gasteiger partial charge >= 0.3 is 12.3 Å². The van der Waals surface area contributed by atoms with Gasteiger partial charge in [-0.15, -0.1) is 0 Å². The predicted octanol–water partition coefficient (Wildman–Crippen LogP) is 4.39. The molecule has 0 aromatic heterocycles. The lowest BCUT2D eigenvalue weighted by Crippen LogP contribution is -2.17. The van der Waals surface area contributed by atoms with Crippen molar-refractivity contribution in [2.75, 3.05) is 18.4 Å². The van der Waals surface area contributed by atoms with Gasteiger partial charge in [0, 0.05) is 12.2 Å². The van der Waals surface area contributed by atoms with Crippen molar-refractivity contribution in [3.63, 3.8) is 0 Å². The fraction of sp³-hybridized carbons (Fsp3) is 0.278. The van der Waals surface area contributed by atoms with Gasteiger partial charge in [-0.2, -0.15) is 13.2 Å². The summed E-state index contributed by atoms with van der Waals surface area (Å²) in [5.74, 6) is 0.521. The Labute approximate surface area is 143 Å². The minimum absolute atomic E-state index is 0.0409. The van der Waals surface area contributed by atoms with Crippen LogP contribution >= 0.6 is 0 Å². The Morgan fingerprint density at radius 3 is 2.32 bits per heavy atom. The number of halogens is 3. The lowest BCUT2D eigenvalue weighted by Gasteiger charge is -2.11. The Bertz CT molecular complexity index is 721. The Morgan fingerprint density at radius 1 is 1.08 bits per heavy atom. The van der Waals surface area contributed by atoms with Gasteiger partial charge in [0.15, 0.2) is 0 Å². The van der Waals surface area contributed by atoms with E-state index in [1.807, 2.05) is 12.1 Å². The van der Waals surface area contributed by atoms with E-state index in [1.165, 1.54) is 5.56 Å². The normalized spacial score (nSPS) is 17.3. The Kier molecular flexibility index (Phi) is 4.94. The molecule has 1 heterocycles. The minimum atomic E-state index is -4.42. The standard InChI is InChI=1S/C18H17F3N2O2/c19-18(20,21)14-3-7-16(8-4-14)25-17(24)23-15-5-1-12(2-6-15)13-9-10-22-11-13/h1-8,13,22H,9-11H2,(H,23,24). The molecule has 0 spiro atoms. The zero-order valence-corrected chi connectivity index (χ0v) is 13.3. The van der Waals surface area contributed by atoms with Crippen LogP contribution in [0.2, 0.25) is 0 Å². The van der Waals surface area contributed by atoms with E-state index in [4.69, 9.17) is 4.74 Å². The molecular formula is C18H17F3N2O2. The summed E-state index contributed by atoms with van der Waals surface area (Å²) in [5.41, 5.74) is 0.968. The lowest BCUT2D eigenvalue weighted by molar-refractivity contribution is -0.137. The Balaban J connectivity index is 1.57. The van der Waals surface area contributed by atoms with Crippen molar-refractivity contribution in [3.05, 3.63) is 59.7 Å². The summed E-state index contributed by atoms with van der Waals surface area (Å²) in [5, 5.41) is 5.85. The first-order valence-corrected chi connectivity index (χ1v) is 7.88. The zero-order chi connectivity index (χ0) is 17.9. The molecule has 2 aromatic rings. The second kappa shape index (κ2) is 7.14. The van der Waals surface area contributed by atoms with E-state index in [2.05, 4.69) is 10.6 Å². The van der Waals surface area contributed by atoms with Crippen LogP contribution in [0.5, 0.6) is 5.75 Å². The third-order valence-corrected chi connectivity index (χ3v) is 4.08. The molecule has 1 unspecified atom stereocenters. The Morgan fingerprint density at radius 2 is 1.76 bits per heavy atom. The van der Waals surface area contributed by atoms with E-state index in [1.54, 1.807) is 12.1 Å². The van der Waals surface area contributed by atoms with Crippen LogP contribution in [0.4, 0.5) is 23.7 Å². The smallest absolute Gasteiger partial charge is 0.410 e. The number of benzene rings is 2. The maximum atomic E-state index is 12.5. The topological polar surface area (TPSA) is 50.4 Å². The van der Waals surface area contributed by atoms with E-state index >= 15 is 0 Å².